The lowest BCUT2D eigenvalue weighted by molar-refractivity contribution is -0.136. The van der Waals surface area contributed by atoms with Crippen molar-refractivity contribution in [2.45, 2.75) is 38.1 Å². The summed E-state index contributed by atoms with van der Waals surface area (Å²) in [5.74, 6) is -0.435. The Morgan fingerprint density at radius 1 is 1.40 bits per heavy atom. The Bertz CT molecular complexity index is 1170. The summed E-state index contributed by atoms with van der Waals surface area (Å²) in [6.07, 6.45) is 1.79. The number of nitrogens with one attached hydrogen (secondary N) is 1. The Morgan fingerprint density at radius 2 is 2.23 bits per heavy atom. The first kappa shape index (κ1) is 24.3. The van der Waals surface area contributed by atoms with Crippen LogP contribution in [0.2, 0.25) is 5.02 Å². The molecule has 11 heteroatoms. The third kappa shape index (κ3) is 4.61. The predicted molar refractivity (Wildman–Crippen MR) is 132 cm³/mol. The fourth-order valence-corrected chi connectivity index (χ4v) is 5.85. The molecule has 186 valence electrons. The number of hydrogen-bond donors (Lipinski definition) is 1. The van der Waals surface area contributed by atoms with Crippen LogP contribution in [0.5, 0.6) is 0 Å². The second kappa shape index (κ2) is 9.94. The Hall–Kier alpha value is -2.37. The number of methoxy groups -OCH3 is 1. The number of carbonyl (C=O) groups is 1. The summed E-state index contributed by atoms with van der Waals surface area (Å²) in [4.78, 5) is 27.2. The number of rotatable bonds is 6. The monoisotopic (exact) mass is 519 g/mol. The third-order valence-electron chi connectivity index (χ3n) is 6.66. The van der Waals surface area contributed by atoms with Gasteiger partial charge in [-0.25, -0.2) is 14.2 Å². The van der Waals surface area contributed by atoms with E-state index in [1.54, 1.807) is 12.3 Å². The number of fused-ring (bicyclic) bond motifs is 2. The van der Waals surface area contributed by atoms with Gasteiger partial charge in [0.2, 0.25) is 0 Å². The number of hydrogen-bond acceptors (Lipinski definition) is 9. The van der Waals surface area contributed by atoms with Crippen LogP contribution in [0.15, 0.2) is 46.0 Å². The molecule has 4 heterocycles. The molecule has 0 radical (unpaired) electrons. The van der Waals surface area contributed by atoms with E-state index in [0.29, 0.717) is 53.5 Å². The number of aromatic nitrogens is 1. The van der Waals surface area contributed by atoms with Crippen LogP contribution in [0.4, 0.5) is 4.39 Å². The first-order valence-electron chi connectivity index (χ1n) is 11.5. The van der Waals surface area contributed by atoms with E-state index in [2.05, 4.69) is 33.9 Å². The van der Waals surface area contributed by atoms with Gasteiger partial charge in [0.25, 0.3) is 0 Å². The van der Waals surface area contributed by atoms with Gasteiger partial charge in [0, 0.05) is 53.0 Å². The molecule has 2 fully saturated rings. The number of carbonyl (C=O) groups excluding carboxylic acids is 1. The number of benzene rings is 1. The van der Waals surface area contributed by atoms with Crippen molar-refractivity contribution < 1.29 is 18.7 Å². The van der Waals surface area contributed by atoms with E-state index in [9.17, 15) is 9.18 Å². The molecule has 5 rings (SSSR count). The molecule has 0 spiro atoms. The number of nitrogens with zero attached hydrogens (tertiary/aromatic N) is 4. The van der Waals surface area contributed by atoms with Gasteiger partial charge in [0.1, 0.15) is 11.9 Å². The Labute approximate surface area is 212 Å². The van der Waals surface area contributed by atoms with Crippen LogP contribution < -0.4 is 5.32 Å². The predicted octanol–water partition coefficient (Wildman–Crippen LogP) is 3.20. The Balaban J connectivity index is 1.60. The van der Waals surface area contributed by atoms with Gasteiger partial charge >= 0.3 is 5.97 Å². The molecule has 3 unspecified atom stereocenters. The van der Waals surface area contributed by atoms with Crippen molar-refractivity contribution in [1.29, 1.82) is 0 Å². The summed E-state index contributed by atoms with van der Waals surface area (Å²) in [5.41, 5.74) is 1.54. The van der Waals surface area contributed by atoms with Crippen LogP contribution in [0.1, 0.15) is 30.5 Å². The molecule has 35 heavy (non-hydrogen) atoms. The molecular formula is C24H27ClFN5O3S. The van der Waals surface area contributed by atoms with Gasteiger partial charge < -0.3 is 14.8 Å². The first-order valence-corrected chi connectivity index (χ1v) is 12.7. The summed E-state index contributed by atoms with van der Waals surface area (Å²) in [6, 6.07) is 3.90. The maximum atomic E-state index is 13.8. The van der Waals surface area contributed by atoms with E-state index in [4.69, 9.17) is 26.1 Å². The van der Waals surface area contributed by atoms with Crippen LogP contribution in [0, 0.1) is 5.82 Å². The molecule has 0 amide bonds. The van der Waals surface area contributed by atoms with Crippen molar-refractivity contribution in [3.05, 3.63) is 62.5 Å². The van der Waals surface area contributed by atoms with Gasteiger partial charge in [0.15, 0.2) is 10.8 Å². The molecule has 1 N–H and O–H groups in total. The minimum Gasteiger partial charge on any atom is -0.466 e. The SMILES string of the molecule is COC(=O)C1=C(CN2C3COCC2N(C(C)C)C3)NC(c2nccs2)=NC1c1ccc(F)cc1Cl. The van der Waals surface area contributed by atoms with Gasteiger partial charge in [-0.05, 0) is 26.0 Å². The smallest absolute Gasteiger partial charge is 0.338 e. The number of morpholine rings is 1. The van der Waals surface area contributed by atoms with Gasteiger partial charge in [-0.3, -0.25) is 14.8 Å². The summed E-state index contributed by atoms with van der Waals surface area (Å²) < 4.78 is 24.9. The number of aliphatic imine (C=N–C) groups is 1. The lowest BCUT2D eigenvalue weighted by Gasteiger charge is -2.38. The normalized spacial score (nSPS) is 25.1. The van der Waals surface area contributed by atoms with E-state index < -0.39 is 17.8 Å². The first-order chi connectivity index (χ1) is 16.9. The van der Waals surface area contributed by atoms with Crippen molar-refractivity contribution in [2.75, 3.05) is 33.4 Å². The van der Waals surface area contributed by atoms with Gasteiger partial charge in [-0.15, -0.1) is 11.3 Å². The van der Waals surface area contributed by atoms with E-state index in [0.717, 1.165) is 6.54 Å². The van der Waals surface area contributed by atoms with Crippen LogP contribution in [0.25, 0.3) is 0 Å². The van der Waals surface area contributed by atoms with E-state index in [-0.39, 0.29) is 17.2 Å². The number of thiazole rings is 1. The number of esters is 1. The molecule has 2 bridgehead atoms. The van der Waals surface area contributed by atoms with Gasteiger partial charge in [-0.2, -0.15) is 0 Å². The zero-order chi connectivity index (χ0) is 24.7. The Morgan fingerprint density at radius 3 is 2.91 bits per heavy atom. The minimum absolute atomic E-state index is 0.0944. The van der Waals surface area contributed by atoms with E-state index in [1.807, 2.05) is 5.38 Å². The van der Waals surface area contributed by atoms with Crippen LogP contribution in [-0.2, 0) is 14.3 Å². The standard InChI is InChI=1S/C24H27ClFN5O3S/c1-13(2)30-9-15-11-34-12-19(30)31(15)10-18-20(24(32)33-3)21(16-5-4-14(26)8-17(16)25)29-22(28-18)23-27-6-7-35-23/h4-8,13,15,19,21H,9-12H2,1-3H3,(H,28,29). The highest BCUT2D eigenvalue weighted by atomic mass is 35.5. The molecule has 2 saturated heterocycles. The second-order valence-corrected chi connectivity index (χ2v) is 10.3. The molecular weight excluding hydrogens is 493 g/mol. The second-order valence-electron chi connectivity index (χ2n) is 9.03. The zero-order valence-corrected chi connectivity index (χ0v) is 21.3. The maximum absolute atomic E-state index is 13.8. The summed E-state index contributed by atoms with van der Waals surface area (Å²) in [5, 5.41) is 6.11. The highest BCUT2D eigenvalue weighted by Gasteiger charge is 2.45. The number of halogens is 2. The molecule has 3 aliphatic rings. The number of amidine groups is 1. The summed E-state index contributed by atoms with van der Waals surface area (Å²) >= 11 is 7.88. The Kier molecular flexibility index (Phi) is 6.91. The largest absolute Gasteiger partial charge is 0.466 e. The van der Waals surface area contributed by atoms with Crippen molar-refractivity contribution in [3.8, 4) is 0 Å². The van der Waals surface area contributed by atoms with Crippen LogP contribution in [-0.4, -0.2) is 78.3 Å². The maximum Gasteiger partial charge on any atom is 0.338 e. The molecule has 3 aliphatic heterocycles. The lowest BCUT2D eigenvalue weighted by Crippen LogP contribution is -2.52. The molecule has 1 aromatic carbocycles. The molecule has 3 atom stereocenters. The van der Waals surface area contributed by atoms with Crippen molar-refractivity contribution in [3.63, 3.8) is 0 Å². The molecule has 2 aromatic rings. The molecule has 1 aromatic heterocycles. The van der Waals surface area contributed by atoms with Gasteiger partial charge in [-0.1, -0.05) is 17.7 Å². The zero-order valence-electron chi connectivity index (χ0n) is 19.7. The topological polar surface area (TPSA) is 79.3 Å². The van der Waals surface area contributed by atoms with E-state index >= 15 is 0 Å². The summed E-state index contributed by atoms with van der Waals surface area (Å²) in [6.45, 7) is 6.93. The van der Waals surface area contributed by atoms with E-state index in [1.165, 1.54) is 30.6 Å². The van der Waals surface area contributed by atoms with Crippen molar-refractivity contribution in [2.24, 2.45) is 4.99 Å². The van der Waals surface area contributed by atoms with Crippen LogP contribution >= 0.6 is 22.9 Å². The number of ether oxygens (including phenoxy) is 2. The molecule has 0 aliphatic carbocycles. The highest BCUT2D eigenvalue weighted by molar-refractivity contribution is 7.11. The van der Waals surface area contributed by atoms with Crippen molar-refractivity contribution in [1.82, 2.24) is 20.1 Å². The minimum atomic E-state index is -0.773. The summed E-state index contributed by atoms with van der Waals surface area (Å²) in [7, 11) is 1.34. The average molecular weight is 520 g/mol. The molecule has 0 saturated carbocycles. The quantitative estimate of drug-likeness (QED) is 0.587. The van der Waals surface area contributed by atoms with Crippen LogP contribution in [0.3, 0.4) is 0 Å². The fraction of sp³-hybridized carbons (Fsp3) is 0.458. The average Bonchev–Trinajstić information content (AvgIpc) is 3.42. The van der Waals surface area contributed by atoms with Crippen molar-refractivity contribution >= 4 is 34.7 Å². The molecule has 8 nitrogen and oxygen atoms in total. The van der Waals surface area contributed by atoms with Gasteiger partial charge in [0.05, 0.1) is 32.1 Å². The third-order valence-corrected chi connectivity index (χ3v) is 7.77. The fourth-order valence-electron chi connectivity index (χ4n) is 4.99. The lowest BCUT2D eigenvalue weighted by atomic mass is 9.95. The highest BCUT2D eigenvalue weighted by Crippen LogP contribution is 2.38.